The number of rotatable bonds is 3. The maximum absolute atomic E-state index is 11.8. The van der Waals surface area contributed by atoms with Crippen LogP contribution < -0.4 is 5.73 Å². The Morgan fingerprint density at radius 1 is 1.39 bits per heavy atom. The van der Waals surface area contributed by atoms with Crippen molar-refractivity contribution in [2.24, 2.45) is 11.1 Å². The lowest BCUT2D eigenvalue weighted by molar-refractivity contribution is -0.145. The van der Waals surface area contributed by atoms with Crippen LogP contribution in [0.1, 0.15) is 38.3 Å². The highest BCUT2D eigenvalue weighted by Crippen LogP contribution is 2.50. The van der Waals surface area contributed by atoms with Crippen LogP contribution in [0.4, 0.5) is 0 Å². The number of nitrogens with two attached hydrogens (primary N) is 1. The molecule has 0 saturated carbocycles. The molecule has 3 heteroatoms. The number of ether oxygens (including phenoxy) is 1. The Hall–Kier alpha value is -1.35. The zero-order chi connectivity index (χ0) is 13.4. The molecule has 1 aliphatic carbocycles. The third kappa shape index (κ3) is 1.93. The first kappa shape index (κ1) is 13.1. The maximum Gasteiger partial charge on any atom is 0.308 e. The van der Waals surface area contributed by atoms with Crippen LogP contribution >= 0.6 is 0 Å². The van der Waals surface area contributed by atoms with E-state index >= 15 is 0 Å². The fraction of sp³-hybridized carbons (Fsp3) is 0.533. The molecule has 0 radical (unpaired) electrons. The highest BCUT2D eigenvalue weighted by molar-refractivity contribution is 5.72. The van der Waals surface area contributed by atoms with E-state index in [1.165, 1.54) is 5.56 Å². The lowest BCUT2D eigenvalue weighted by Crippen LogP contribution is -2.48. The van der Waals surface area contributed by atoms with Crippen LogP contribution in [-0.4, -0.2) is 12.6 Å². The van der Waals surface area contributed by atoms with Gasteiger partial charge in [-0.3, -0.25) is 4.79 Å². The lowest BCUT2D eigenvalue weighted by Gasteiger charge is -2.38. The predicted molar refractivity (Wildman–Crippen MR) is 71.0 cm³/mol. The van der Waals surface area contributed by atoms with Crippen LogP contribution in [0.2, 0.25) is 0 Å². The van der Waals surface area contributed by atoms with Crippen LogP contribution in [0.3, 0.4) is 0 Å². The van der Waals surface area contributed by atoms with E-state index in [2.05, 4.69) is 19.9 Å². The summed E-state index contributed by atoms with van der Waals surface area (Å²) in [6, 6.07) is 8.12. The molecule has 3 nitrogen and oxygen atoms in total. The molecule has 0 fully saturated rings. The van der Waals surface area contributed by atoms with Crippen molar-refractivity contribution in [1.29, 1.82) is 0 Å². The van der Waals surface area contributed by atoms with Crippen molar-refractivity contribution in [1.82, 2.24) is 0 Å². The van der Waals surface area contributed by atoms with Crippen LogP contribution in [0, 0.1) is 5.41 Å². The number of hydrogen-bond donors (Lipinski definition) is 1. The molecule has 0 spiro atoms. The van der Waals surface area contributed by atoms with Crippen molar-refractivity contribution in [3.8, 4) is 0 Å². The molecular formula is C15H21NO2. The van der Waals surface area contributed by atoms with Crippen molar-refractivity contribution in [3.05, 3.63) is 35.4 Å². The van der Waals surface area contributed by atoms with Crippen molar-refractivity contribution in [2.45, 2.75) is 39.2 Å². The van der Waals surface area contributed by atoms with Crippen LogP contribution in [0.5, 0.6) is 0 Å². The minimum absolute atomic E-state index is 0.135. The van der Waals surface area contributed by atoms with E-state index in [0.717, 1.165) is 12.0 Å². The molecule has 0 aliphatic heterocycles. The summed E-state index contributed by atoms with van der Waals surface area (Å²) in [5.41, 5.74) is 8.15. The summed E-state index contributed by atoms with van der Waals surface area (Å²) in [7, 11) is 0. The molecule has 0 saturated heterocycles. The van der Waals surface area contributed by atoms with E-state index in [0.29, 0.717) is 6.61 Å². The van der Waals surface area contributed by atoms with Gasteiger partial charge in [-0.25, -0.2) is 0 Å². The molecule has 0 aromatic heterocycles. The van der Waals surface area contributed by atoms with Crippen molar-refractivity contribution < 1.29 is 9.53 Å². The first-order valence-electron chi connectivity index (χ1n) is 6.43. The molecular weight excluding hydrogens is 226 g/mol. The molecule has 98 valence electrons. The monoisotopic (exact) mass is 247 g/mol. The van der Waals surface area contributed by atoms with Crippen molar-refractivity contribution >= 4 is 5.97 Å². The summed E-state index contributed by atoms with van der Waals surface area (Å²) in [5.74, 6) is -0.218. The van der Waals surface area contributed by atoms with E-state index < -0.39 is 5.54 Å². The minimum Gasteiger partial charge on any atom is -0.466 e. The second kappa shape index (κ2) is 4.39. The quantitative estimate of drug-likeness (QED) is 0.834. The molecule has 2 rings (SSSR count). The predicted octanol–water partition coefficient (Wildman–Crippen LogP) is 2.38. The third-order valence-corrected chi connectivity index (χ3v) is 4.07. The summed E-state index contributed by atoms with van der Waals surface area (Å²) >= 11 is 0. The molecule has 0 bridgehead atoms. The summed E-state index contributed by atoms with van der Waals surface area (Å²) < 4.78 is 5.06. The van der Waals surface area contributed by atoms with Gasteiger partial charge in [-0.05, 0) is 29.9 Å². The number of carbonyl (C=O) groups is 1. The summed E-state index contributed by atoms with van der Waals surface area (Å²) in [4.78, 5) is 11.8. The topological polar surface area (TPSA) is 52.3 Å². The third-order valence-electron chi connectivity index (χ3n) is 4.07. The highest BCUT2D eigenvalue weighted by Gasteiger charge is 2.50. The first-order chi connectivity index (χ1) is 8.40. The van der Waals surface area contributed by atoms with E-state index in [4.69, 9.17) is 10.5 Å². The Morgan fingerprint density at radius 2 is 2.06 bits per heavy atom. The zero-order valence-corrected chi connectivity index (χ0v) is 11.3. The van der Waals surface area contributed by atoms with Gasteiger partial charge in [-0.1, -0.05) is 38.1 Å². The van der Waals surface area contributed by atoms with Gasteiger partial charge in [0.05, 0.1) is 18.6 Å². The molecule has 18 heavy (non-hydrogen) atoms. The molecule has 1 atom stereocenters. The number of benzene rings is 1. The fourth-order valence-corrected chi connectivity index (χ4v) is 2.88. The lowest BCUT2D eigenvalue weighted by atomic mass is 9.71. The Kier molecular flexibility index (Phi) is 3.20. The summed E-state index contributed by atoms with van der Waals surface area (Å²) in [6.45, 7) is 6.45. The van der Waals surface area contributed by atoms with Gasteiger partial charge in [0.25, 0.3) is 0 Å². The van der Waals surface area contributed by atoms with Gasteiger partial charge in [0, 0.05) is 0 Å². The number of fused-ring (bicyclic) bond motifs is 1. The van der Waals surface area contributed by atoms with Crippen molar-refractivity contribution in [3.63, 3.8) is 0 Å². The Labute approximate surface area is 108 Å². The molecule has 0 amide bonds. The van der Waals surface area contributed by atoms with Crippen molar-refractivity contribution in [2.75, 3.05) is 6.61 Å². The van der Waals surface area contributed by atoms with Gasteiger partial charge in [0.1, 0.15) is 0 Å². The zero-order valence-electron chi connectivity index (χ0n) is 11.3. The maximum atomic E-state index is 11.8. The van der Waals surface area contributed by atoms with Gasteiger partial charge < -0.3 is 10.5 Å². The SMILES string of the molecule is CCOC(=O)CC1(N)c2ccccc2CC1(C)C. The normalized spacial score (nSPS) is 24.7. The molecule has 1 aliphatic rings. The van der Waals surface area contributed by atoms with Gasteiger partial charge >= 0.3 is 5.97 Å². The summed E-state index contributed by atoms with van der Waals surface area (Å²) in [6.07, 6.45) is 1.14. The first-order valence-corrected chi connectivity index (χ1v) is 6.43. The molecule has 2 N–H and O–H groups in total. The van der Waals surface area contributed by atoms with E-state index in [9.17, 15) is 4.79 Å². The number of esters is 1. The van der Waals surface area contributed by atoms with Crippen LogP contribution in [0.15, 0.2) is 24.3 Å². The summed E-state index contributed by atoms with van der Waals surface area (Å²) in [5, 5.41) is 0. The van der Waals surface area contributed by atoms with Gasteiger partial charge in [0.2, 0.25) is 0 Å². The Morgan fingerprint density at radius 3 is 2.72 bits per heavy atom. The molecule has 1 aromatic rings. The molecule has 1 aromatic carbocycles. The Balaban J connectivity index is 2.37. The van der Waals surface area contributed by atoms with Gasteiger partial charge in [-0.15, -0.1) is 0 Å². The van der Waals surface area contributed by atoms with Crippen LogP contribution in [0.25, 0.3) is 0 Å². The molecule has 1 unspecified atom stereocenters. The van der Waals surface area contributed by atoms with E-state index in [-0.39, 0.29) is 17.8 Å². The average Bonchev–Trinajstić information content (AvgIpc) is 2.47. The van der Waals surface area contributed by atoms with Crippen LogP contribution in [-0.2, 0) is 21.5 Å². The standard InChI is InChI=1S/C15H21NO2/c1-4-18-13(17)10-15(16)12-8-6-5-7-11(12)9-14(15,2)3/h5-8H,4,9-10,16H2,1-3H3. The number of hydrogen-bond acceptors (Lipinski definition) is 3. The Bertz CT molecular complexity index is 467. The minimum atomic E-state index is -0.629. The smallest absolute Gasteiger partial charge is 0.308 e. The van der Waals surface area contributed by atoms with Gasteiger partial charge in [-0.2, -0.15) is 0 Å². The number of carbonyl (C=O) groups excluding carboxylic acids is 1. The largest absolute Gasteiger partial charge is 0.466 e. The fourth-order valence-electron chi connectivity index (χ4n) is 2.88. The molecule has 0 heterocycles. The second-order valence-electron chi connectivity index (χ2n) is 5.67. The van der Waals surface area contributed by atoms with E-state index in [1.807, 2.05) is 25.1 Å². The highest BCUT2D eigenvalue weighted by atomic mass is 16.5. The average molecular weight is 247 g/mol. The van der Waals surface area contributed by atoms with Gasteiger partial charge in [0.15, 0.2) is 0 Å². The van der Waals surface area contributed by atoms with E-state index in [1.54, 1.807) is 0 Å². The second-order valence-corrected chi connectivity index (χ2v) is 5.67.